The lowest BCUT2D eigenvalue weighted by molar-refractivity contribution is 0.0925. The van der Waals surface area contributed by atoms with E-state index in [0.717, 1.165) is 19.4 Å². The molecule has 106 valence electrons. The Morgan fingerprint density at radius 3 is 2.84 bits per heavy atom. The van der Waals surface area contributed by atoms with Crippen molar-refractivity contribution in [2.24, 2.45) is 0 Å². The first-order valence-electron chi connectivity index (χ1n) is 6.36. The minimum Gasteiger partial charge on any atom is -0.349 e. The van der Waals surface area contributed by atoms with E-state index in [1.54, 1.807) is 13.0 Å². The fraction of sp³-hybridized carbons (Fsp3) is 0.500. The molecule has 2 N–H and O–H groups in total. The molecule has 1 aliphatic rings. The lowest BCUT2D eigenvalue weighted by Crippen LogP contribution is -2.46. The fourth-order valence-electron chi connectivity index (χ4n) is 2.32. The van der Waals surface area contributed by atoms with Crippen LogP contribution in [0.15, 0.2) is 18.2 Å². The van der Waals surface area contributed by atoms with Gasteiger partial charge >= 0.3 is 0 Å². The van der Waals surface area contributed by atoms with Crippen LogP contribution in [0.25, 0.3) is 0 Å². The highest BCUT2D eigenvalue weighted by molar-refractivity contribution is 5.94. The van der Waals surface area contributed by atoms with Crippen molar-refractivity contribution in [3.8, 4) is 0 Å². The number of carbonyl (C=O) groups is 1. The van der Waals surface area contributed by atoms with Crippen molar-refractivity contribution in [2.75, 3.05) is 6.54 Å². The van der Waals surface area contributed by atoms with Crippen LogP contribution in [0.1, 0.15) is 35.7 Å². The van der Waals surface area contributed by atoms with Gasteiger partial charge in [0, 0.05) is 17.6 Å². The molecule has 1 heterocycles. The standard InChI is InChI=1S/C14H19FN2O.ClH/c1-9-7-11(3-4-13(9)15)14(18)17-12-5-6-16-10(2)8-12;/h3-4,7,10,12,16H,5-6,8H2,1-2H3,(H,17,18);1H. The molecule has 0 radical (unpaired) electrons. The molecule has 19 heavy (non-hydrogen) atoms. The summed E-state index contributed by atoms with van der Waals surface area (Å²) in [5.41, 5.74) is 1.03. The van der Waals surface area contributed by atoms with Crippen molar-refractivity contribution >= 4 is 18.3 Å². The quantitative estimate of drug-likeness (QED) is 0.877. The molecule has 1 amide bonds. The van der Waals surface area contributed by atoms with E-state index in [1.807, 2.05) is 0 Å². The fourth-order valence-corrected chi connectivity index (χ4v) is 2.32. The first kappa shape index (κ1) is 15.9. The highest BCUT2D eigenvalue weighted by Crippen LogP contribution is 2.12. The first-order valence-corrected chi connectivity index (χ1v) is 6.36. The number of halogens is 2. The SMILES string of the molecule is Cc1cc(C(=O)NC2CCNC(C)C2)ccc1F.Cl. The Kier molecular flexibility index (Phi) is 5.76. The molecular formula is C14H20ClFN2O. The number of amides is 1. The van der Waals surface area contributed by atoms with Crippen molar-refractivity contribution in [3.05, 3.63) is 35.1 Å². The summed E-state index contributed by atoms with van der Waals surface area (Å²) in [6.45, 7) is 4.70. The second kappa shape index (κ2) is 6.87. The largest absolute Gasteiger partial charge is 0.349 e. The molecule has 2 rings (SSSR count). The molecule has 5 heteroatoms. The van der Waals surface area contributed by atoms with Crippen LogP contribution in [0.4, 0.5) is 4.39 Å². The second-order valence-corrected chi connectivity index (χ2v) is 5.01. The van der Waals surface area contributed by atoms with E-state index in [9.17, 15) is 9.18 Å². The number of benzene rings is 1. The smallest absolute Gasteiger partial charge is 0.251 e. The Labute approximate surface area is 119 Å². The van der Waals surface area contributed by atoms with Gasteiger partial charge in [-0.1, -0.05) is 0 Å². The summed E-state index contributed by atoms with van der Waals surface area (Å²) in [5, 5.41) is 6.35. The molecular weight excluding hydrogens is 267 g/mol. The van der Waals surface area contributed by atoms with Gasteiger partial charge in [-0.3, -0.25) is 4.79 Å². The number of hydrogen-bond donors (Lipinski definition) is 2. The summed E-state index contributed by atoms with van der Waals surface area (Å²) in [4.78, 5) is 12.0. The predicted octanol–water partition coefficient (Wildman–Crippen LogP) is 2.43. The first-order chi connectivity index (χ1) is 8.56. The zero-order valence-corrected chi connectivity index (χ0v) is 12.0. The Morgan fingerprint density at radius 2 is 2.21 bits per heavy atom. The molecule has 0 bridgehead atoms. The topological polar surface area (TPSA) is 41.1 Å². The molecule has 2 atom stereocenters. The van der Waals surface area contributed by atoms with Crippen molar-refractivity contribution in [1.29, 1.82) is 0 Å². The number of carbonyl (C=O) groups excluding carboxylic acids is 1. The van der Waals surface area contributed by atoms with Gasteiger partial charge in [-0.25, -0.2) is 4.39 Å². The third-order valence-electron chi connectivity index (χ3n) is 3.38. The van der Waals surface area contributed by atoms with Crippen LogP contribution in [0.3, 0.4) is 0 Å². The highest BCUT2D eigenvalue weighted by atomic mass is 35.5. The number of nitrogens with one attached hydrogen (secondary N) is 2. The normalized spacial score (nSPS) is 22.5. The summed E-state index contributed by atoms with van der Waals surface area (Å²) in [6, 6.07) is 5.10. The van der Waals surface area contributed by atoms with Gasteiger partial charge in [0.15, 0.2) is 0 Å². The van der Waals surface area contributed by atoms with Crippen molar-refractivity contribution in [3.63, 3.8) is 0 Å². The molecule has 1 fully saturated rings. The summed E-state index contributed by atoms with van der Waals surface area (Å²) in [5.74, 6) is -0.390. The molecule has 0 aliphatic carbocycles. The lowest BCUT2D eigenvalue weighted by Gasteiger charge is -2.28. The van der Waals surface area contributed by atoms with Gasteiger partial charge in [-0.2, -0.15) is 0 Å². The van der Waals surface area contributed by atoms with E-state index in [1.165, 1.54) is 12.1 Å². The summed E-state index contributed by atoms with van der Waals surface area (Å²) >= 11 is 0. The van der Waals surface area contributed by atoms with Crippen LogP contribution in [-0.4, -0.2) is 24.5 Å². The number of piperidine rings is 1. The van der Waals surface area contributed by atoms with Crippen LogP contribution < -0.4 is 10.6 Å². The average Bonchev–Trinajstić information content (AvgIpc) is 2.32. The average molecular weight is 287 g/mol. The molecule has 1 aliphatic heterocycles. The van der Waals surface area contributed by atoms with Crippen molar-refractivity contribution < 1.29 is 9.18 Å². The van der Waals surface area contributed by atoms with Gasteiger partial charge in [-0.05, 0) is 57.0 Å². The van der Waals surface area contributed by atoms with Crippen molar-refractivity contribution in [1.82, 2.24) is 10.6 Å². The van der Waals surface area contributed by atoms with Crippen LogP contribution >= 0.6 is 12.4 Å². The Balaban J connectivity index is 0.00000180. The number of hydrogen-bond acceptors (Lipinski definition) is 2. The highest BCUT2D eigenvalue weighted by Gasteiger charge is 2.20. The van der Waals surface area contributed by atoms with Gasteiger partial charge in [0.2, 0.25) is 0 Å². The van der Waals surface area contributed by atoms with Gasteiger partial charge < -0.3 is 10.6 Å². The maximum Gasteiger partial charge on any atom is 0.251 e. The minimum atomic E-state index is -0.276. The molecule has 0 spiro atoms. The zero-order chi connectivity index (χ0) is 13.1. The van der Waals surface area contributed by atoms with Gasteiger partial charge in [0.25, 0.3) is 5.91 Å². The minimum absolute atomic E-state index is 0. The Bertz CT molecular complexity index is 453. The van der Waals surface area contributed by atoms with E-state index >= 15 is 0 Å². The zero-order valence-electron chi connectivity index (χ0n) is 11.2. The third-order valence-corrected chi connectivity index (χ3v) is 3.38. The summed E-state index contributed by atoms with van der Waals surface area (Å²) in [6.07, 6.45) is 1.88. The molecule has 3 nitrogen and oxygen atoms in total. The van der Waals surface area contributed by atoms with Crippen LogP contribution in [0.2, 0.25) is 0 Å². The van der Waals surface area contributed by atoms with E-state index in [4.69, 9.17) is 0 Å². The molecule has 2 unspecified atom stereocenters. The third kappa shape index (κ3) is 4.18. The van der Waals surface area contributed by atoms with Crippen LogP contribution in [0.5, 0.6) is 0 Å². The monoisotopic (exact) mass is 286 g/mol. The molecule has 0 saturated carbocycles. The second-order valence-electron chi connectivity index (χ2n) is 5.01. The maximum atomic E-state index is 13.1. The van der Waals surface area contributed by atoms with E-state index < -0.39 is 0 Å². The van der Waals surface area contributed by atoms with E-state index in [-0.39, 0.29) is 30.2 Å². The summed E-state index contributed by atoms with van der Waals surface area (Å²) in [7, 11) is 0. The number of aryl methyl sites for hydroxylation is 1. The molecule has 1 aromatic rings. The molecule has 1 saturated heterocycles. The Morgan fingerprint density at radius 1 is 1.47 bits per heavy atom. The lowest BCUT2D eigenvalue weighted by atomic mass is 10.00. The molecule has 1 aromatic carbocycles. The summed E-state index contributed by atoms with van der Waals surface area (Å²) < 4.78 is 13.1. The van der Waals surface area contributed by atoms with Crippen LogP contribution in [-0.2, 0) is 0 Å². The van der Waals surface area contributed by atoms with Gasteiger partial charge in [0.1, 0.15) is 5.82 Å². The van der Waals surface area contributed by atoms with E-state index in [0.29, 0.717) is 17.2 Å². The Hall–Kier alpha value is -1.13. The maximum absolute atomic E-state index is 13.1. The van der Waals surface area contributed by atoms with Crippen molar-refractivity contribution in [2.45, 2.75) is 38.8 Å². The van der Waals surface area contributed by atoms with Gasteiger partial charge in [0.05, 0.1) is 0 Å². The predicted molar refractivity (Wildman–Crippen MR) is 76.3 cm³/mol. The molecule has 0 aromatic heterocycles. The van der Waals surface area contributed by atoms with E-state index in [2.05, 4.69) is 17.6 Å². The van der Waals surface area contributed by atoms with Crippen LogP contribution in [0, 0.1) is 12.7 Å². The van der Waals surface area contributed by atoms with Gasteiger partial charge in [-0.15, -0.1) is 12.4 Å². The number of rotatable bonds is 2.